The van der Waals surface area contributed by atoms with Gasteiger partial charge in [0.05, 0.1) is 12.2 Å². The Morgan fingerprint density at radius 3 is 1.83 bits per heavy atom. The van der Waals surface area contributed by atoms with Crippen LogP contribution in [0.3, 0.4) is 0 Å². The van der Waals surface area contributed by atoms with E-state index in [1.54, 1.807) is 0 Å². The van der Waals surface area contributed by atoms with Crippen LogP contribution in [0.2, 0.25) is 0 Å². The van der Waals surface area contributed by atoms with Gasteiger partial charge in [0.2, 0.25) is 0 Å². The Bertz CT molecular complexity index is 944. The molecule has 188 valence electrons. The molecule has 4 rings (SSSR count). The third-order valence-electron chi connectivity index (χ3n) is 8.18. The minimum Gasteiger partial charge on any atom is -0.316 e. The summed E-state index contributed by atoms with van der Waals surface area (Å²) in [5, 5.41) is 0. The van der Waals surface area contributed by atoms with Crippen LogP contribution >= 0.6 is 0 Å². The van der Waals surface area contributed by atoms with Gasteiger partial charge in [-0.3, -0.25) is 0 Å². The summed E-state index contributed by atoms with van der Waals surface area (Å²) in [7, 11) is 0. The smallest absolute Gasteiger partial charge is 0.316 e. The monoisotopic (exact) mass is 478 g/mol. The van der Waals surface area contributed by atoms with Crippen molar-refractivity contribution >= 4 is 0 Å². The summed E-state index contributed by atoms with van der Waals surface area (Å²) < 4.78 is 34.4. The van der Waals surface area contributed by atoms with E-state index in [2.05, 4.69) is 49.9 Å². The minimum atomic E-state index is -3.27. The molecule has 0 bridgehead atoms. The van der Waals surface area contributed by atoms with Gasteiger partial charge in [-0.25, -0.2) is 0 Å². The van der Waals surface area contributed by atoms with E-state index in [1.807, 2.05) is 18.2 Å². The maximum absolute atomic E-state index is 14.7. The summed E-state index contributed by atoms with van der Waals surface area (Å²) in [5.74, 6) is 2.40. The second-order valence-electron chi connectivity index (χ2n) is 10.5. The highest BCUT2D eigenvalue weighted by atomic mass is 19.3. The van der Waals surface area contributed by atoms with Gasteiger partial charge < -0.3 is 4.74 Å². The van der Waals surface area contributed by atoms with Crippen molar-refractivity contribution in [1.82, 2.24) is 0 Å². The molecule has 2 aliphatic rings. The Labute approximate surface area is 210 Å². The molecule has 2 aliphatic carbocycles. The summed E-state index contributed by atoms with van der Waals surface area (Å²) in [6.07, 6.45) is 13.1. The molecule has 2 saturated carbocycles. The lowest BCUT2D eigenvalue weighted by molar-refractivity contribution is -0.248. The third kappa shape index (κ3) is 6.91. The van der Waals surface area contributed by atoms with Crippen LogP contribution < -0.4 is 0 Å². The Kier molecular flexibility index (Phi) is 8.94. The fraction of sp³-hybridized carbons (Fsp3) is 0.500. The van der Waals surface area contributed by atoms with Crippen molar-refractivity contribution in [3.05, 3.63) is 95.6 Å². The second kappa shape index (κ2) is 12.1. The molecule has 0 spiro atoms. The molecule has 0 N–H and O–H groups in total. The van der Waals surface area contributed by atoms with Crippen molar-refractivity contribution in [2.75, 3.05) is 6.61 Å². The van der Waals surface area contributed by atoms with Crippen molar-refractivity contribution in [2.45, 2.75) is 82.7 Å². The first-order valence-electron chi connectivity index (χ1n) is 13.4. The third-order valence-corrected chi connectivity index (χ3v) is 8.18. The van der Waals surface area contributed by atoms with Crippen molar-refractivity contribution in [1.29, 1.82) is 0 Å². The second-order valence-corrected chi connectivity index (χ2v) is 10.5. The lowest BCUT2D eigenvalue weighted by atomic mass is 9.78. The van der Waals surface area contributed by atoms with E-state index in [0.29, 0.717) is 24.2 Å². The van der Waals surface area contributed by atoms with Crippen LogP contribution in [0.4, 0.5) is 8.78 Å². The molecule has 35 heavy (non-hydrogen) atoms. The molecule has 0 aromatic heterocycles. The molecule has 0 radical (unpaired) electrons. The molecule has 2 aromatic rings. The van der Waals surface area contributed by atoms with Crippen LogP contribution in [0.1, 0.15) is 92.4 Å². The van der Waals surface area contributed by atoms with Gasteiger partial charge in [0.1, 0.15) is 0 Å². The molecule has 1 nitrogen and oxygen atoms in total. The van der Waals surface area contributed by atoms with Crippen LogP contribution in [-0.4, -0.2) is 6.61 Å². The zero-order valence-corrected chi connectivity index (χ0v) is 21.1. The summed E-state index contributed by atoms with van der Waals surface area (Å²) in [6, 6.07) is 15.3. The highest BCUT2D eigenvalue weighted by Gasteiger charge is 2.33. The summed E-state index contributed by atoms with van der Waals surface area (Å²) in [4.78, 5) is 0. The average molecular weight is 479 g/mol. The van der Waals surface area contributed by atoms with Crippen molar-refractivity contribution in [3.8, 4) is 0 Å². The quantitative estimate of drug-likeness (QED) is 0.326. The van der Waals surface area contributed by atoms with Gasteiger partial charge >= 0.3 is 6.11 Å². The Balaban J connectivity index is 1.24. The fourth-order valence-electron chi connectivity index (χ4n) is 5.89. The molecule has 0 heterocycles. The zero-order valence-electron chi connectivity index (χ0n) is 21.1. The van der Waals surface area contributed by atoms with Gasteiger partial charge in [-0.2, -0.15) is 8.78 Å². The van der Waals surface area contributed by atoms with Gasteiger partial charge in [0.25, 0.3) is 0 Å². The number of hydrogen-bond acceptors (Lipinski definition) is 1. The van der Waals surface area contributed by atoms with Crippen molar-refractivity contribution in [2.24, 2.45) is 11.8 Å². The highest BCUT2D eigenvalue weighted by Crippen LogP contribution is 2.38. The van der Waals surface area contributed by atoms with E-state index in [4.69, 9.17) is 4.74 Å². The predicted molar refractivity (Wildman–Crippen MR) is 141 cm³/mol. The van der Waals surface area contributed by atoms with E-state index in [-0.39, 0.29) is 12.2 Å². The largest absolute Gasteiger partial charge is 0.383 e. The lowest BCUT2D eigenvalue weighted by Gasteiger charge is -2.27. The molecule has 0 amide bonds. The molecule has 3 heteroatoms. The first-order valence-corrected chi connectivity index (χ1v) is 13.4. The SMILES string of the molecule is C=C[C@H]1CC[C@H](c2ccc(C(F)(F)OCCc3ccc([C@H]4CC[C@H](/C=C/C)CC4)cc3)cc2)CC1. The maximum atomic E-state index is 14.7. The van der Waals surface area contributed by atoms with E-state index < -0.39 is 6.11 Å². The number of benzene rings is 2. The number of hydrogen-bond donors (Lipinski definition) is 0. The van der Waals surface area contributed by atoms with E-state index in [0.717, 1.165) is 42.7 Å². The number of rotatable bonds is 9. The van der Waals surface area contributed by atoms with Crippen molar-refractivity contribution in [3.63, 3.8) is 0 Å². The molecule has 2 aromatic carbocycles. The predicted octanol–water partition coefficient (Wildman–Crippen LogP) is 9.30. The van der Waals surface area contributed by atoms with E-state index >= 15 is 0 Å². The van der Waals surface area contributed by atoms with E-state index in [9.17, 15) is 8.78 Å². The minimum absolute atomic E-state index is 0.00583. The highest BCUT2D eigenvalue weighted by molar-refractivity contribution is 5.28. The lowest BCUT2D eigenvalue weighted by Crippen LogP contribution is -2.20. The maximum Gasteiger partial charge on any atom is 0.383 e. The van der Waals surface area contributed by atoms with E-state index in [1.165, 1.54) is 43.4 Å². The van der Waals surface area contributed by atoms with Crippen LogP contribution in [0.15, 0.2) is 73.3 Å². The summed E-state index contributed by atoms with van der Waals surface area (Å²) >= 11 is 0. The van der Waals surface area contributed by atoms with Gasteiger partial charge in [-0.1, -0.05) is 66.8 Å². The standard InChI is InChI=1S/C32H40F2O/c1-3-5-25-8-14-28(15-9-25)29-16-10-26(11-17-29)22-23-35-32(33,34)31-20-18-30(19-21-31)27-12-6-24(4-2)7-13-27/h3-5,10-11,16-21,24-25,27-28H,2,6-9,12-15,22-23H2,1H3/b5-3+/t24-,25-,27-,28-. The van der Waals surface area contributed by atoms with Crippen LogP contribution in [0, 0.1) is 11.8 Å². The Morgan fingerprint density at radius 2 is 1.31 bits per heavy atom. The molecular weight excluding hydrogens is 438 g/mol. The molecular formula is C32H40F2O. The molecule has 0 atom stereocenters. The van der Waals surface area contributed by atoms with Crippen LogP contribution in [0.5, 0.6) is 0 Å². The van der Waals surface area contributed by atoms with Crippen LogP contribution in [0.25, 0.3) is 0 Å². The summed E-state index contributed by atoms with van der Waals surface area (Å²) in [5.41, 5.74) is 3.50. The van der Waals surface area contributed by atoms with Gasteiger partial charge in [-0.15, -0.1) is 6.58 Å². The van der Waals surface area contributed by atoms with Crippen LogP contribution in [-0.2, 0) is 17.3 Å². The topological polar surface area (TPSA) is 9.23 Å². The van der Waals surface area contributed by atoms with Gasteiger partial charge in [0.15, 0.2) is 0 Å². The molecule has 2 fully saturated rings. The first-order chi connectivity index (χ1) is 17.0. The molecule has 0 saturated heterocycles. The fourth-order valence-corrected chi connectivity index (χ4v) is 5.89. The average Bonchev–Trinajstić information content (AvgIpc) is 2.90. The molecule has 0 unspecified atom stereocenters. The number of alkyl halides is 2. The van der Waals surface area contributed by atoms with Crippen molar-refractivity contribution < 1.29 is 13.5 Å². The number of halogens is 2. The van der Waals surface area contributed by atoms with Gasteiger partial charge in [-0.05, 0) is 105 Å². The van der Waals surface area contributed by atoms with Gasteiger partial charge in [0, 0.05) is 0 Å². The first kappa shape index (κ1) is 25.8. The Morgan fingerprint density at radius 1 is 0.800 bits per heavy atom. The molecule has 0 aliphatic heterocycles. The normalized spacial score (nSPS) is 25.6. The number of allylic oxidation sites excluding steroid dienone is 3. The zero-order chi connectivity index (χ0) is 24.7. The summed E-state index contributed by atoms with van der Waals surface area (Å²) in [6.45, 7) is 5.98. The Hall–Kier alpha value is -2.26. The number of ether oxygens (including phenoxy) is 1.